The third-order valence-electron chi connectivity index (χ3n) is 6.04. The lowest BCUT2D eigenvalue weighted by Crippen LogP contribution is -2.34. The third-order valence-corrected chi connectivity index (χ3v) is 6.04. The van der Waals surface area contributed by atoms with Crippen LogP contribution < -0.4 is 16.0 Å². The van der Waals surface area contributed by atoms with E-state index in [-0.39, 0.29) is 17.5 Å². The lowest BCUT2D eigenvalue weighted by molar-refractivity contribution is 0.262. The van der Waals surface area contributed by atoms with E-state index in [0.717, 1.165) is 45.2 Å². The second-order valence-electron chi connectivity index (χ2n) is 9.59. The van der Waals surface area contributed by atoms with Gasteiger partial charge in [0, 0.05) is 11.4 Å². The van der Waals surface area contributed by atoms with Gasteiger partial charge in [0.2, 0.25) is 0 Å². The molecule has 1 aliphatic heterocycles. The van der Waals surface area contributed by atoms with Crippen molar-refractivity contribution in [3.8, 4) is 0 Å². The van der Waals surface area contributed by atoms with E-state index >= 15 is 0 Å². The molecule has 1 aromatic heterocycles. The summed E-state index contributed by atoms with van der Waals surface area (Å²) in [5.41, 5.74) is 7.88. The van der Waals surface area contributed by atoms with Gasteiger partial charge >= 0.3 is 6.03 Å². The van der Waals surface area contributed by atoms with E-state index in [9.17, 15) is 4.79 Å². The van der Waals surface area contributed by atoms with Crippen LogP contribution in [0.3, 0.4) is 0 Å². The quantitative estimate of drug-likeness (QED) is 0.369. The van der Waals surface area contributed by atoms with Crippen LogP contribution >= 0.6 is 0 Å². The van der Waals surface area contributed by atoms with Crippen molar-refractivity contribution in [1.82, 2.24) is 10.2 Å². The number of hydrogen-bond donors (Lipinski definition) is 4. The lowest BCUT2D eigenvalue weighted by Gasteiger charge is -2.33. The molecule has 0 bridgehead atoms. The van der Waals surface area contributed by atoms with Crippen LogP contribution in [0.15, 0.2) is 55.1 Å². The zero-order valence-electron chi connectivity index (χ0n) is 19.8. The Balaban J connectivity index is 1.56. The second kappa shape index (κ2) is 8.62. The largest absolute Gasteiger partial charge is 0.361 e. The zero-order valence-corrected chi connectivity index (χ0v) is 19.8. The summed E-state index contributed by atoms with van der Waals surface area (Å²) in [4.78, 5) is 12.5. The number of hydrogen-bond acceptors (Lipinski definition) is 3. The topological polar surface area (TPSA) is 81.8 Å². The summed E-state index contributed by atoms with van der Waals surface area (Å²) in [6.45, 7) is 14.6. The minimum Gasteiger partial charge on any atom is -0.361 e. The number of urea groups is 1. The highest BCUT2D eigenvalue weighted by atomic mass is 16.2. The molecule has 4 rings (SSSR count). The molecule has 0 saturated heterocycles. The molecule has 2 heterocycles. The predicted octanol–water partition coefficient (Wildman–Crippen LogP) is 6.59. The van der Waals surface area contributed by atoms with Crippen LogP contribution in [0.1, 0.15) is 48.7 Å². The number of carbonyl (C=O) groups is 1. The molecule has 33 heavy (non-hydrogen) atoms. The molecule has 1 atom stereocenters. The van der Waals surface area contributed by atoms with Gasteiger partial charge in [-0.1, -0.05) is 51.6 Å². The van der Waals surface area contributed by atoms with E-state index in [2.05, 4.69) is 59.6 Å². The van der Waals surface area contributed by atoms with Gasteiger partial charge in [-0.3, -0.25) is 5.10 Å². The molecule has 1 unspecified atom stereocenters. The number of amides is 2. The highest BCUT2D eigenvalue weighted by Gasteiger charge is 2.31. The standard InChI is InChI=1S/C27H31N5O/c1-7-22-24-21(15-23(27(4,5)6)30-25(24)32-31-22)18-9-12-19(13-10-18)28-26(33)29-20-11-8-16(2)17(3)14-20/h7-15,23H,1H2,2-6H3,(H2,28,29,33)(H2,30,31,32). The zero-order chi connectivity index (χ0) is 23.8. The van der Waals surface area contributed by atoms with Crippen molar-refractivity contribution < 1.29 is 4.79 Å². The highest BCUT2D eigenvalue weighted by Crippen LogP contribution is 2.39. The number of nitrogens with one attached hydrogen (secondary N) is 4. The first-order chi connectivity index (χ1) is 15.7. The van der Waals surface area contributed by atoms with E-state index in [4.69, 9.17) is 0 Å². The maximum absolute atomic E-state index is 12.5. The van der Waals surface area contributed by atoms with Gasteiger partial charge in [0.1, 0.15) is 0 Å². The minimum atomic E-state index is -0.272. The number of fused-ring (bicyclic) bond motifs is 1. The smallest absolute Gasteiger partial charge is 0.323 e. The Hall–Kier alpha value is -3.80. The van der Waals surface area contributed by atoms with Crippen molar-refractivity contribution in [2.24, 2.45) is 5.41 Å². The summed E-state index contributed by atoms with van der Waals surface area (Å²) < 4.78 is 0. The van der Waals surface area contributed by atoms with Crippen LogP contribution in [-0.2, 0) is 0 Å². The van der Waals surface area contributed by atoms with Gasteiger partial charge in [-0.2, -0.15) is 5.10 Å². The normalized spacial score (nSPS) is 15.2. The van der Waals surface area contributed by atoms with Gasteiger partial charge < -0.3 is 16.0 Å². The first-order valence-electron chi connectivity index (χ1n) is 11.1. The first kappa shape index (κ1) is 22.4. The summed E-state index contributed by atoms with van der Waals surface area (Å²) in [7, 11) is 0. The molecule has 6 nitrogen and oxygen atoms in total. The Morgan fingerprint density at radius 1 is 1.03 bits per heavy atom. The van der Waals surface area contributed by atoms with Crippen molar-refractivity contribution >= 4 is 34.9 Å². The fraction of sp³-hybridized carbons (Fsp3) is 0.259. The fourth-order valence-corrected chi connectivity index (χ4v) is 3.87. The van der Waals surface area contributed by atoms with E-state index in [1.165, 1.54) is 5.56 Å². The minimum absolute atomic E-state index is 0.0180. The van der Waals surface area contributed by atoms with Crippen LogP contribution in [0.5, 0.6) is 0 Å². The molecule has 3 aromatic rings. The van der Waals surface area contributed by atoms with Crippen LogP contribution in [0.2, 0.25) is 0 Å². The Kier molecular flexibility index (Phi) is 5.85. The van der Waals surface area contributed by atoms with E-state index in [1.54, 1.807) is 6.08 Å². The Bertz CT molecular complexity index is 1230. The molecule has 4 N–H and O–H groups in total. The number of anilines is 3. The van der Waals surface area contributed by atoms with Crippen LogP contribution in [0.25, 0.3) is 11.6 Å². The summed E-state index contributed by atoms with van der Waals surface area (Å²) in [6, 6.07) is 13.6. The molecule has 0 spiro atoms. The SMILES string of the molecule is C=Cc1[nH]nc2c1C(c1ccc(NC(=O)Nc3ccc(C)c(C)c3)cc1)=CC(C(C)(C)C)N2. The van der Waals surface area contributed by atoms with E-state index in [1.807, 2.05) is 56.3 Å². The maximum atomic E-state index is 12.5. The van der Waals surface area contributed by atoms with Crippen molar-refractivity contribution in [3.05, 3.63) is 83.1 Å². The molecule has 1 aliphatic rings. The van der Waals surface area contributed by atoms with Crippen molar-refractivity contribution in [2.75, 3.05) is 16.0 Å². The first-order valence-corrected chi connectivity index (χ1v) is 11.1. The molecule has 6 heteroatoms. The third kappa shape index (κ3) is 4.70. The molecule has 2 amide bonds. The molecule has 0 saturated carbocycles. The van der Waals surface area contributed by atoms with Crippen molar-refractivity contribution in [1.29, 1.82) is 0 Å². The number of carbonyl (C=O) groups excluding carboxylic acids is 1. The molecule has 0 fully saturated rings. The second-order valence-corrected chi connectivity index (χ2v) is 9.59. The molecule has 0 aliphatic carbocycles. The van der Waals surface area contributed by atoms with Crippen LogP contribution in [0, 0.1) is 19.3 Å². The number of nitrogens with zero attached hydrogens (tertiary/aromatic N) is 1. The fourth-order valence-electron chi connectivity index (χ4n) is 3.87. The van der Waals surface area contributed by atoms with Gasteiger partial charge in [0.05, 0.1) is 17.3 Å². The summed E-state index contributed by atoms with van der Waals surface area (Å²) in [5.74, 6) is 0.831. The Labute approximate surface area is 195 Å². The van der Waals surface area contributed by atoms with Gasteiger partial charge in [0.15, 0.2) is 5.82 Å². The number of aromatic amines is 1. The lowest BCUT2D eigenvalue weighted by atomic mass is 9.81. The summed E-state index contributed by atoms with van der Waals surface area (Å²) >= 11 is 0. The summed E-state index contributed by atoms with van der Waals surface area (Å²) in [5, 5.41) is 16.9. The van der Waals surface area contributed by atoms with Crippen molar-refractivity contribution in [2.45, 2.75) is 40.7 Å². The van der Waals surface area contributed by atoms with E-state index < -0.39 is 0 Å². The van der Waals surface area contributed by atoms with Crippen LogP contribution in [0.4, 0.5) is 22.0 Å². The molecular weight excluding hydrogens is 410 g/mol. The van der Waals surface area contributed by atoms with Gasteiger partial charge in [0.25, 0.3) is 0 Å². The molecule has 170 valence electrons. The monoisotopic (exact) mass is 441 g/mol. The van der Waals surface area contributed by atoms with Gasteiger partial charge in [-0.15, -0.1) is 0 Å². The van der Waals surface area contributed by atoms with Crippen molar-refractivity contribution in [3.63, 3.8) is 0 Å². The average molecular weight is 442 g/mol. The number of aromatic nitrogens is 2. The number of H-pyrrole nitrogens is 1. The maximum Gasteiger partial charge on any atom is 0.323 e. The number of aryl methyl sites for hydroxylation is 2. The van der Waals surface area contributed by atoms with Gasteiger partial charge in [-0.05, 0) is 71.9 Å². The average Bonchev–Trinajstić information content (AvgIpc) is 3.19. The molecule has 2 aromatic carbocycles. The molecule has 0 radical (unpaired) electrons. The van der Waals surface area contributed by atoms with E-state index in [0.29, 0.717) is 0 Å². The Morgan fingerprint density at radius 3 is 2.33 bits per heavy atom. The highest BCUT2D eigenvalue weighted by molar-refractivity contribution is 6.00. The Morgan fingerprint density at radius 2 is 1.70 bits per heavy atom. The van der Waals surface area contributed by atoms with Crippen LogP contribution in [-0.4, -0.2) is 22.3 Å². The predicted molar refractivity (Wildman–Crippen MR) is 138 cm³/mol. The summed E-state index contributed by atoms with van der Waals surface area (Å²) in [6.07, 6.45) is 4.03. The van der Waals surface area contributed by atoms with Gasteiger partial charge in [-0.25, -0.2) is 4.79 Å². The number of rotatable bonds is 4. The molecular formula is C27H31N5O. The number of benzene rings is 2.